The van der Waals surface area contributed by atoms with Crippen molar-refractivity contribution in [3.63, 3.8) is 0 Å². The highest BCUT2D eigenvalue weighted by Crippen LogP contribution is 2.25. The third kappa shape index (κ3) is 4.27. The maximum Gasteiger partial charge on any atom is 0.264 e. The van der Waals surface area contributed by atoms with E-state index in [0.29, 0.717) is 17.8 Å². The Balaban J connectivity index is 1.40. The molecule has 0 radical (unpaired) electrons. The zero-order chi connectivity index (χ0) is 22.9. The van der Waals surface area contributed by atoms with E-state index < -0.39 is 22.0 Å². The van der Waals surface area contributed by atoms with Crippen LogP contribution < -0.4 is 5.73 Å². The van der Waals surface area contributed by atoms with Crippen LogP contribution in [0, 0.1) is 0 Å². The minimum atomic E-state index is -3.75. The second kappa shape index (κ2) is 9.00. The van der Waals surface area contributed by atoms with Crippen molar-refractivity contribution < 1.29 is 22.8 Å². The first-order chi connectivity index (χ1) is 15.3. The van der Waals surface area contributed by atoms with E-state index in [1.807, 2.05) is 11.4 Å². The van der Waals surface area contributed by atoms with E-state index in [9.17, 15) is 22.8 Å². The van der Waals surface area contributed by atoms with Gasteiger partial charge < -0.3 is 15.5 Å². The van der Waals surface area contributed by atoms with Crippen LogP contribution in [0.1, 0.15) is 32.9 Å². The third-order valence-electron chi connectivity index (χ3n) is 5.86. The average molecular weight is 477 g/mol. The van der Waals surface area contributed by atoms with Crippen molar-refractivity contribution >= 4 is 39.1 Å². The summed E-state index contributed by atoms with van der Waals surface area (Å²) >= 11 is 1.36. The Labute approximate surface area is 190 Å². The maximum absolute atomic E-state index is 13.1. The molecule has 1 unspecified atom stereocenters. The summed E-state index contributed by atoms with van der Waals surface area (Å²) in [5.74, 6) is -0.883. The molecule has 9 nitrogen and oxygen atoms in total. The number of primary amides is 1. The van der Waals surface area contributed by atoms with Gasteiger partial charge in [-0.05, 0) is 48.6 Å². The summed E-state index contributed by atoms with van der Waals surface area (Å²) < 4.78 is 27.2. The largest absolute Gasteiger partial charge is 0.366 e. The molecule has 2 saturated heterocycles. The van der Waals surface area contributed by atoms with Crippen LogP contribution in [0.3, 0.4) is 0 Å². The highest BCUT2D eigenvalue weighted by Gasteiger charge is 2.39. The maximum atomic E-state index is 13.1. The molecule has 1 aromatic heterocycles. The van der Waals surface area contributed by atoms with Gasteiger partial charge >= 0.3 is 0 Å². The first kappa shape index (κ1) is 22.4. The molecule has 0 bridgehead atoms. The molecule has 2 aliphatic rings. The number of nitrogens with zero attached hydrogens (tertiary/aromatic N) is 3. The Kier molecular flexibility index (Phi) is 6.31. The van der Waals surface area contributed by atoms with E-state index in [4.69, 9.17) is 5.73 Å². The first-order valence-electron chi connectivity index (χ1n) is 10.3. The van der Waals surface area contributed by atoms with Gasteiger partial charge in [0.15, 0.2) is 0 Å². The van der Waals surface area contributed by atoms with Crippen molar-refractivity contribution in [2.24, 2.45) is 5.73 Å². The van der Waals surface area contributed by atoms with E-state index >= 15 is 0 Å². The third-order valence-corrected chi connectivity index (χ3v) is 8.63. The fourth-order valence-corrected chi connectivity index (χ4v) is 6.21. The van der Waals surface area contributed by atoms with Crippen LogP contribution in [0.25, 0.3) is 0 Å². The van der Waals surface area contributed by atoms with Gasteiger partial charge in [-0.1, -0.05) is 6.07 Å². The fourth-order valence-electron chi connectivity index (χ4n) is 4.11. The van der Waals surface area contributed by atoms with Crippen molar-refractivity contribution in [3.8, 4) is 0 Å². The van der Waals surface area contributed by atoms with E-state index in [1.165, 1.54) is 39.9 Å². The predicted molar refractivity (Wildman–Crippen MR) is 119 cm³/mol. The zero-order valence-corrected chi connectivity index (χ0v) is 19.0. The predicted octanol–water partition coefficient (Wildman–Crippen LogP) is 0.985. The molecule has 2 aliphatic heterocycles. The molecule has 2 N–H and O–H groups in total. The molecule has 4 rings (SSSR count). The molecular weight excluding hydrogens is 452 g/mol. The van der Waals surface area contributed by atoms with Crippen LogP contribution in [0.15, 0.2) is 46.7 Å². The summed E-state index contributed by atoms with van der Waals surface area (Å²) in [6.45, 7) is 1.39. The van der Waals surface area contributed by atoms with Crippen LogP contribution in [0.2, 0.25) is 0 Å². The summed E-state index contributed by atoms with van der Waals surface area (Å²) in [6, 6.07) is 8.55. The van der Waals surface area contributed by atoms with Crippen LogP contribution in [0.5, 0.6) is 0 Å². The topological polar surface area (TPSA) is 121 Å². The lowest BCUT2D eigenvalue weighted by atomic mass is 10.1. The number of nitrogens with two attached hydrogens (primary N) is 1. The lowest BCUT2D eigenvalue weighted by Gasteiger charge is -2.36. The number of thiophene rings is 1. The summed E-state index contributed by atoms with van der Waals surface area (Å²) in [4.78, 5) is 41.1. The van der Waals surface area contributed by atoms with Gasteiger partial charge in [0.1, 0.15) is 6.04 Å². The van der Waals surface area contributed by atoms with Crippen molar-refractivity contribution in [1.82, 2.24) is 14.1 Å². The van der Waals surface area contributed by atoms with Crippen LogP contribution in [0.4, 0.5) is 0 Å². The lowest BCUT2D eigenvalue weighted by Crippen LogP contribution is -2.55. The molecule has 11 heteroatoms. The Morgan fingerprint density at radius 3 is 2.25 bits per heavy atom. The molecular formula is C21H24N4O5S2. The van der Waals surface area contributed by atoms with Crippen LogP contribution >= 0.6 is 11.3 Å². The molecule has 2 aromatic rings. The number of sulfonamides is 1. The monoisotopic (exact) mass is 476 g/mol. The van der Waals surface area contributed by atoms with Gasteiger partial charge in [-0.2, -0.15) is 4.31 Å². The number of amides is 3. The van der Waals surface area contributed by atoms with Gasteiger partial charge in [0.25, 0.3) is 5.91 Å². The fraction of sp³-hybridized carbons (Fsp3) is 0.381. The molecule has 3 amide bonds. The second-order valence-corrected chi connectivity index (χ2v) is 10.6. The SMILES string of the molecule is NC(=O)c1ccc(S(=O)(=O)N2CCN(C(=O)C3CCCN3C(=O)c3cccs3)CC2)cc1. The van der Waals surface area contributed by atoms with Gasteiger partial charge in [0.05, 0.1) is 9.77 Å². The molecule has 170 valence electrons. The van der Waals surface area contributed by atoms with Crippen molar-refractivity contribution in [3.05, 3.63) is 52.2 Å². The number of carbonyl (C=O) groups is 3. The number of hydrogen-bond donors (Lipinski definition) is 1. The highest BCUT2D eigenvalue weighted by molar-refractivity contribution is 7.89. The normalized spacial score (nSPS) is 19.8. The van der Waals surface area contributed by atoms with Gasteiger partial charge in [-0.25, -0.2) is 8.42 Å². The number of piperazine rings is 1. The number of carbonyl (C=O) groups excluding carboxylic acids is 3. The van der Waals surface area contributed by atoms with E-state index in [0.717, 1.165) is 6.42 Å². The minimum Gasteiger partial charge on any atom is -0.366 e. The van der Waals surface area contributed by atoms with Gasteiger partial charge in [-0.15, -0.1) is 11.3 Å². The van der Waals surface area contributed by atoms with Crippen LogP contribution in [-0.4, -0.2) is 79.0 Å². The van der Waals surface area contributed by atoms with Crippen molar-refractivity contribution in [2.75, 3.05) is 32.7 Å². The van der Waals surface area contributed by atoms with Gasteiger partial charge in [-0.3, -0.25) is 14.4 Å². The van der Waals surface area contributed by atoms with Crippen LogP contribution in [-0.2, 0) is 14.8 Å². The lowest BCUT2D eigenvalue weighted by molar-refractivity contribution is -0.136. The number of rotatable bonds is 5. The summed E-state index contributed by atoms with van der Waals surface area (Å²) in [5, 5.41) is 1.83. The standard InChI is InChI=1S/C21H24N4O5S2/c22-19(26)15-5-7-16(8-6-15)32(29,30)24-12-10-23(11-13-24)20(27)17-3-1-9-25(17)21(28)18-4-2-14-31-18/h2,4-8,14,17H,1,3,9-13H2,(H2,22,26). The summed E-state index contributed by atoms with van der Waals surface area (Å²) in [5.41, 5.74) is 5.44. The highest BCUT2D eigenvalue weighted by atomic mass is 32.2. The molecule has 1 atom stereocenters. The second-order valence-electron chi connectivity index (χ2n) is 7.75. The first-order valence-corrected chi connectivity index (χ1v) is 12.6. The number of benzene rings is 1. The zero-order valence-electron chi connectivity index (χ0n) is 17.3. The van der Waals surface area contributed by atoms with Crippen molar-refractivity contribution in [2.45, 2.75) is 23.8 Å². The Morgan fingerprint density at radius 2 is 1.66 bits per heavy atom. The number of hydrogen-bond acceptors (Lipinski definition) is 6. The average Bonchev–Trinajstić information content (AvgIpc) is 3.51. The number of likely N-dealkylation sites (tertiary alicyclic amines) is 1. The summed E-state index contributed by atoms with van der Waals surface area (Å²) in [6.07, 6.45) is 1.38. The van der Waals surface area contributed by atoms with E-state index in [1.54, 1.807) is 15.9 Å². The molecule has 32 heavy (non-hydrogen) atoms. The molecule has 3 heterocycles. The quantitative estimate of drug-likeness (QED) is 0.690. The van der Waals surface area contributed by atoms with E-state index in [2.05, 4.69) is 0 Å². The molecule has 2 fully saturated rings. The molecule has 0 aliphatic carbocycles. The Morgan fingerprint density at radius 1 is 0.969 bits per heavy atom. The van der Waals surface area contributed by atoms with Crippen molar-refractivity contribution in [1.29, 1.82) is 0 Å². The minimum absolute atomic E-state index is 0.0748. The van der Waals surface area contributed by atoms with Gasteiger partial charge in [0, 0.05) is 38.3 Å². The molecule has 0 saturated carbocycles. The summed E-state index contributed by atoms with van der Waals surface area (Å²) in [7, 11) is -3.75. The Hall–Kier alpha value is -2.76. The molecule has 1 aromatic carbocycles. The van der Waals surface area contributed by atoms with Gasteiger partial charge in [0.2, 0.25) is 21.8 Å². The molecule has 0 spiro atoms. The Bertz CT molecular complexity index is 1110. The van der Waals surface area contributed by atoms with E-state index in [-0.39, 0.29) is 48.5 Å². The smallest absolute Gasteiger partial charge is 0.264 e.